The zero-order valence-corrected chi connectivity index (χ0v) is 16.3. The van der Waals surface area contributed by atoms with Crippen molar-refractivity contribution in [2.75, 3.05) is 36.5 Å². The molecule has 0 aromatic heterocycles. The molecule has 1 aliphatic heterocycles. The van der Waals surface area contributed by atoms with Gasteiger partial charge in [0.1, 0.15) is 0 Å². The molecule has 0 saturated carbocycles. The van der Waals surface area contributed by atoms with E-state index in [4.69, 9.17) is 0 Å². The summed E-state index contributed by atoms with van der Waals surface area (Å²) in [5, 5.41) is 5.97. The molecule has 0 unspecified atom stereocenters. The molecule has 27 heavy (non-hydrogen) atoms. The Labute approximate surface area is 164 Å². The van der Waals surface area contributed by atoms with Gasteiger partial charge in [-0.3, -0.25) is 14.5 Å². The maximum atomic E-state index is 12.4. The van der Waals surface area contributed by atoms with Crippen LogP contribution in [0.1, 0.15) is 12.8 Å². The number of rotatable bonds is 6. The molecule has 0 atom stereocenters. The highest BCUT2D eigenvalue weighted by Crippen LogP contribution is 2.25. The Morgan fingerprint density at radius 2 is 1.67 bits per heavy atom. The van der Waals surface area contributed by atoms with Crippen molar-refractivity contribution in [1.29, 1.82) is 0 Å². The first-order valence-electron chi connectivity index (χ1n) is 9.17. The van der Waals surface area contributed by atoms with E-state index in [-0.39, 0.29) is 17.7 Å². The Morgan fingerprint density at radius 3 is 2.37 bits per heavy atom. The van der Waals surface area contributed by atoms with Crippen molar-refractivity contribution < 1.29 is 9.59 Å². The van der Waals surface area contributed by atoms with Crippen LogP contribution in [-0.2, 0) is 9.59 Å². The quantitative estimate of drug-likeness (QED) is 0.747. The highest BCUT2D eigenvalue weighted by Gasteiger charge is 2.26. The van der Waals surface area contributed by atoms with Crippen molar-refractivity contribution in [2.24, 2.45) is 5.92 Å². The molecule has 1 heterocycles. The summed E-state index contributed by atoms with van der Waals surface area (Å²) in [6.45, 7) is 1.87. The van der Waals surface area contributed by atoms with Gasteiger partial charge in [-0.2, -0.15) is 0 Å². The van der Waals surface area contributed by atoms with Crippen LogP contribution in [-0.4, -0.2) is 42.6 Å². The van der Waals surface area contributed by atoms with Gasteiger partial charge in [-0.25, -0.2) is 0 Å². The normalized spacial score (nSPS) is 15.3. The summed E-state index contributed by atoms with van der Waals surface area (Å²) in [4.78, 5) is 27.9. The zero-order valence-electron chi connectivity index (χ0n) is 15.5. The molecule has 1 saturated heterocycles. The van der Waals surface area contributed by atoms with Crippen LogP contribution in [0.4, 0.5) is 11.4 Å². The molecule has 2 amide bonds. The molecule has 2 N–H and O–H groups in total. The van der Waals surface area contributed by atoms with Gasteiger partial charge < -0.3 is 10.6 Å². The first-order chi connectivity index (χ1) is 13.2. The van der Waals surface area contributed by atoms with Crippen molar-refractivity contribution >= 4 is 35.0 Å². The molecule has 0 aliphatic carbocycles. The molecule has 1 fully saturated rings. The summed E-state index contributed by atoms with van der Waals surface area (Å²) in [6.07, 6.45) is 3.54. The highest BCUT2D eigenvalue weighted by atomic mass is 32.2. The maximum Gasteiger partial charge on any atom is 0.238 e. The predicted octanol–water partition coefficient (Wildman–Crippen LogP) is 3.70. The molecular formula is C21H25N3O2S. The second kappa shape index (κ2) is 9.58. The second-order valence-electron chi connectivity index (χ2n) is 6.65. The Hall–Kier alpha value is -2.31. The third-order valence-electron chi connectivity index (χ3n) is 4.75. The Bertz CT molecular complexity index is 774. The van der Waals surface area contributed by atoms with Gasteiger partial charge in [0, 0.05) is 16.5 Å². The molecule has 5 nitrogen and oxygen atoms in total. The van der Waals surface area contributed by atoms with Gasteiger partial charge in [0.25, 0.3) is 0 Å². The lowest BCUT2D eigenvalue weighted by molar-refractivity contribution is -0.121. The van der Waals surface area contributed by atoms with Gasteiger partial charge in [-0.05, 0) is 56.5 Å². The van der Waals surface area contributed by atoms with E-state index < -0.39 is 0 Å². The minimum atomic E-state index is -0.0105. The van der Waals surface area contributed by atoms with Crippen LogP contribution in [0.3, 0.4) is 0 Å². The number of hydrogen-bond donors (Lipinski definition) is 2. The first-order valence-corrected chi connectivity index (χ1v) is 10.4. The average molecular weight is 384 g/mol. The summed E-state index contributed by atoms with van der Waals surface area (Å²) in [5.74, 6) is 0.0598. The topological polar surface area (TPSA) is 61.4 Å². The minimum Gasteiger partial charge on any atom is -0.326 e. The zero-order chi connectivity index (χ0) is 19.1. The monoisotopic (exact) mass is 383 g/mol. The first kappa shape index (κ1) is 19.5. The lowest BCUT2D eigenvalue weighted by Crippen LogP contribution is -2.41. The smallest absolute Gasteiger partial charge is 0.238 e. The summed E-state index contributed by atoms with van der Waals surface area (Å²) >= 11 is 1.61. The van der Waals surface area contributed by atoms with E-state index in [0.717, 1.165) is 42.2 Å². The van der Waals surface area contributed by atoms with Gasteiger partial charge in [-0.1, -0.05) is 30.3 Å². The van der Waals surface area contributed by atoms with E-state index in [2.05, 4.69) is 15.5 Å². The fraction of sp³-hybridized carbons (Fsp3) is 0.333. The van der Waals surface area contributed by atoms with Gasteiger partial charge in [0.2, 0.25) is 11.8 Å². The number of nitrogens with one attached hydrogen (secondary N) is 2. The largest absolute Gasteiger partial charge is 0.326 e. The molecule has 6 heteroatoms. The third kappa shape index (κ3) is 5.58. The van der Waals surface area contributed by atoms with Crippen LogP contribution in [0.5, 0.6) is 0 Å². The maximum absolute atomic E-state index is 12.4. The number of anilines is 2. The van der Waals surface area contributed by atoms with Gasteiger partial charge in [0.15, 0.2) is 0 Å². The number of benzene rings is 2. The molecule has 3 rings (SSSR count). The molecule has 0 radical (unpaired) electrons. The number of amides is 2. The van der Waals surface area contributed by atoms with E-state index in [0.29, 0.717) is 6.54 Å². The minimum absolute atomic E-state index is 0.00161. The number of carbonyl (C=O) groups is 2. The molecule has 1 aliphatic rings. The van der Waals surface area contributed by atoms with Gasteiger partial charge in [-0.15, -0.1) is 11.8 Å². The lowest BCUT2D eigenvalue weighted by atomic mass is 9.96. The third-order valence-corrected chi connectivity index (χ3v) is 5.54. The van der Waals surface area contributed by atoms with Crippen molar-refractivity contribution in [3.63, 3.8) is 0 Å². The van der Waals surface area contributed by atoms with E-state index in [9.17, 15) is 9.59 Å². The van der Waals surface area contributed by atoms with Gasteiger partial charge >= 0.3 is 0 Å². The van der Waals surface area contributed by atoms with Gasteiger partial charge in [0.05, 0.1) is 12.2 Å². The summed E-state index contributed by atoms with van der Waals surface area (Å²) in [5.41, 5.74) is 1.68. The summed E-state index contributed by atoms with van der Waals surface area (Å²) in [6, 6.07) is 17.3. The fourth-order valence-corrected chi connectivity index (χ4v) is 3.81. The number of piperidine rings is 1. The lowest BCUT2D eigenvalue weighted by Gasteiger charge is -2.30. The molecule has 2 aromatic rings. The van der Waals surface area contributed by atoms with E-state index in [1.165, 1.54) is 0 Å². The number of para-hydroxylation sites is 2. The number of nitrogens with zero attached hydrogens (tertiary/aromatic N) is 1. The standard InChI is InChI=1S/C21H25N3O2S/c1-27-19-10-6-5-9-18(19)23-20(25)15-24-13-11-16(12-14-24)21(26)22-17-7-3-2-4-8-17/h2-10,16H,11-15H2,1H3,(H,22,26)(H,23,25). The SMILES string of the molecule is CSc1ccccc1NC(=O)CN1CCC(C(=O)Nc2ccccc2)CC1. The number of hydrogen-bond acceptors (Lipinski definition) is 4. The van der Waals surface area contributed by atoms with Crippen molar-refractivity contribution in [3.8, 4) is 0 Å². The van der Waals surface area contributed by atoms with Crippen LogP contribution in [0.25, 0.3) is 0 Å². The van der Waals surface area contributed by atoms with E-state index >= 15 is 0 Å². The molecule has 142 valence electrons. The van der Waals surface area contributed by atoms with Crippen LogP contribution in [0.15, 0.2) is 59.5 Å². The van der Waals surface area contributed by atoms with Crippen LogP contribution in [0.2, 0.25) is 0 Å². The fourth-order valence-electron chi connectivity index (χ4n) is 3.26. The highest BCUT2D eigenvalue weighted by molar-refractivity contribution is 7.98. The van der Waals surface area contributed by atoms with Crippen molar-refractivity contribution in [1.82, 2.24) is 4.90 Å². The average Bonchev–Trinajstić information content (AvgIpc) is 2.69. The number of likely N-dealkylation sites (tertiary alicyclic amines) is 1. The summed E-state index contributed by atoms with van der Waals surface area (Å²) in [7, 11) is 0. The second-order valence-corrected chi connectivity index (χ2v) is 7.50. The molecule has 0 bridgehead atoms. The Balaban J connectivity index is 1.45. The van der Waals surface area contributed by atoms with Crippen LogP contribution >= 0.6 is 11.8 Å². The van der Waals surface area contributed by atoms with Crippen molar-refractivity contribution in [2.45, 2.75) is 17.7 Å². The van der Waals surface area contributed by atoms with Crippen molar-refractivity contribution in [3.05, 3.63) is 54.6 Å². The Morgan fingerprint density at radius 1 is 1.00 bits per heavy atom. The molecular weight excluding hydrogens is 358 g/mol. The van der Waals surface area contributed by atoms with Crippen LogP contribution in [0, 0.1) is 5.92 Å². The van der Waals surface area contributed by atoms with E-state index in [1.54, 1.807) is 11.8 Å². The molecule has 0 spiro atoms. The van der Waals surface area contributed by atoms with E-state index in [1.807, 2.05) is 60.9 Å². The number of carbonyl (C=O) groups excluding carboxylic acids is 2. The Kier molecular flexibility index (Phi) is 6.90. The summed E-state index contributed by atoms with van der Waals surface area (Å²) < 4.78 is 0. The predicted molar refractivity (Wildman–Crippen MR) is 111 cm³/mol. The number of thioether (sulfide) groups is 1. The molecule has 2 aromatic carbocycles. The van der Waals surface area contributed by atoms with Crippen LogP contribution < -0.4 is 10.6 Å².